The second-order valence-electron chi connectivity index (χ2n) is 6.50. The molecule has 0 radical (unpaired) electrons. The summed E-state index contributed by atoms with van der Waals surface area (Å²) in [7, 11) is 0. The molecule has 0 unspecified atom stereocenters. The van der Waals surface area contributed by atoms with E-state index in [-0.39, 0.29) is 0 Å². The van der Waals surface area contributed by atoms with Gasteiger partial charge < -0.3 is 5.73 Å². The largest absolute Gasteiger partial charge is 0.383 e. The van der Waals surface area contributed by atoms with Crippen molar-refractivity contribution in [1.82, 2.24) is 14.8 Å². The third-order valence-electron chi connectivity index (χ3n) is 4.84. The molecule has 2 N–H and O–H groups in total. The van der Waals surface area contributed by atoms with Crippen LogP contribution in [0.15, 0.2) is 48.8 Å². The van der Waals surface area contributed by atoms with Gasteiger partial charge in [0.05, 0.1) is 6.54 Å². The molecule has 5 nitrogen and oxygen atoms in total. The van der Waals surface area contributed by atoms with Gasteiger partial charge in [0, 0.05) is 29.6 Å². The molecule has 124 valence electrons. The molecule has 1 aliphatic rings. The smallest absolute Gasteiger partial charge is 0.142 e. The van der Waals surface area contributed by atoms with E-state index in [1.807, 2.05) is 35.1 Å². The average Bonchev–Trinajstić information content (AvgIpc) is 3.06. The van der Waals surface area contributed by atoms with Gasteiger partial charge >= 0.3 is 0 Å². The number of pyridine rings is 1. The number of benzene rings is 1. The lowest BCUT2D eigenvalue weighted by atomic mass is 9.81. The molecule has 1 aliphatic carbocycles. The molecule has 1 saturated carbocycles. The van der Waals surface area contributed by atoms with Crippen molar-refractivity contribution in [1.29, 1.82) is 5.26 Å². The first-order valence-electron chi connectivity index (χ1n) is 8.52. The van der Waals surface area contributed by atoms with Gasteiger partial charge in [0.25, 0.3) is 0 Å². The maximum atomic E-state index is 9.55. The van der Waals surface area contributed by atoms with E-state index in [2.05, 4.69) is 28.3 Å². The molecule has 0 spiro atoms. The van der Waals surface area contributed by atoms with E-state index >= 15 is 0 Å². The fourth-order valence-corrected chi connectivity index (χ4v) is 3.26. The van der Waals surface area contributed by atoms with Crippen LogP contribution in [0.5, 0.6) is 0 Å². The molecule has 5 heteroatoms. The minimum absolute atomic E-state index is 0.333. The number of rotatable bonds is 4. The van der Waals surface area contributed by atoms with E-state index in [9.17, 15) is 5.26 Å². The molecule has 0 atom stereocenters. The van der Waals surface area contributed by atoms with Gasteiger partial charge in [-0.05, 0) is 42.2 Å². The zero-order valence-electron chi connectivity index (χ0n) is 13.9. The summed E-state index contributed by atoms with van der Waals surface area (Å²) in [6.45, 7) is 0.693. The Kier molecular flexibility index (Phi) is 3.95. The van der Waals surface area contributed by atoms with Gasteiger partial charge in [-0.15, -0.1) is 0 Å². The Morgan fingerprint density at radius 1 is 1.24 bits per heavy atom. The lowest BCUT2D eigenvalue weighted by Crippen LogP contribution is -2.12. The monoisotopic (exact) mass is 329 g/mol. The number of hydrogen-bond donors (Lipinski definition) is 1. The second-order valence-corrected chi connectivity index (χ2v) is 6.50. The predicted octanol–water partition coefficient (Wildman–Crippen LogP) is 3.71. The quantitative estimate of drug-likeness (QED) is 0.791. The van der Waals surface area contributed by atoms with Gasteiger partial charge in [-0.2, -0.15) is 10.4 Å². The lowest BCUT2D eigenvalue weighted by Gasteiger charge is -2.25. The van der Waals surface area contributed by atoms with Gasteiger partial charge in [-0.25, -0.2) is 4.98 Å². The summed E-state index contributed by atoms with van der Waals surface area (Å²) in [6, 6.07) is 14.4. The highest BCUT2D eigenvalue weighted by molar-refractivity contribution is 5.76. The molecule has 25 heavy (non-hydrogen) atoms. The van der Waals surface area contributed by atoms with E-state index in [1.165, 1.54) is 6.42 Å². The molecule has 1 aromatic carbocycles. The van der Waals surface area contributed by atoms with E-state index < -0.39 is 0 Å². The van der Waals surface area contributed by atoms with E-state index in [0.29, 0.717) is 23.8 Å². The molecular weight excluding hydrogens is 310 g/mol. The highest BCUT2D eigenvalue weighted by atomic mass is 15.3. The van der Waals surface area contributed by atoms with Crippen LogP contribution in [0.4, 0.5) is 5.82 Å². The minimum Gasteiger partial charge on any atom is -0.383 e. The summed E-state index contributed by atoms with van der Waals surface area (Å²) in [6.07, 6.45) is 7.24. The van der Waals surface area contributed by atoms with Crippen molar-refractivity contribution in [3.63, 3.8) is 0 Å². The predicted molar refractivity (Wildman–Crippen MR) is 96.7 cm³/mol. The molecule has 0 saturated heterocycles. The normalized spacial score (nSPS) is 14.0. The molecule has 2 heterocycles. The summed E-state index contributed by atoms with van der Waals surface area (Å²) in [5.74, 6) is 0.806. The zero-order chi connectivity index (χ0) is 17.2. The van der Waals surface area contributed by atoms with E-state index in [0.717, 1.165) is 35.2 Å². The van der Waals surface area contributed by atoms with Crippen molar-refractivity contribution in [2.24, 2.45) is 0 Å². The summed E-state index contributed by atoms with van der Waals surface area (Å²) in [4.78, 5) is 4.48. The Morgan fingerprint density at radius 2 is 2.12 bits per heavy atom. The number of nitrogen functional groups attached to an aromatic ring is 1. The summed E-state index contributed by atoms with van der Waals surface area (Å²) < 4.78 is 1.88. The maximum Gasteiger partial charge on any atom is 0.142 e. The van der Waals surface area contributed by atoms with Crippen molar-refractivity contribution < 1.29 is 0 Å². The van der Waals surface area contributed by atoms with Crippen molar-refractivity contribution in [3.8, 4) is 17.2 Å². The molecule has 4 rings (SSSR count). The van der Waals surface area contributed by atoms with Gasteiger partial charge in [0.1, 0.15) is 17.5 Å². The maximum absolute atomic E-state index is 9.55. The van der Waals surface area contributed by atoms with Gasteiger partial charge in [0.2, 0.25) is 0 Å². The third-order valence-corrected chi connectivity index (χ3v) is 4.84. The average molecular weight is 329 g/mol. The van der Waals surface area contributed by atoms with E-state index in [4.69, 9.17) is 5.73 Å². The molecular formula is C20H19N5. The second kappa shape index (κ2) is 6.40. The number of nitriles is 1. The zero-order valence-corrected chi connectivity index (χ0v) is 13.9. The Balaban J connectivity index is 1.75. The molecule has 0 aliphatic heterocycles. The molecule has 0 amide bonds. The minimum atomic E-state index is 0.333. The van der Waals surface area contributed by atoms with Gasteiger partial charge in [-0.1, -0.05) is 24.6 Å². The number of aromatic nitrogens is 3. The van der Waals surface area contributed by atoms with Gasteiger partial charge in [-0.3, -0.25) is 4.68 Å². The summed E-state index contributed by atoms with van der Waals surface area (Å²) in [5.41, 5.74) is 10.6. The molecule has 0 bridgehead atoms. The Morgan fingerprint density at radius 3 is 2.80 bits per heavy atom. The first-order valence-corrected chi connectivity index (χ1v) is 8.52. The highest BCUT2D eigenvalue weighted by Gasteiger charge is 2.23. The Labute approximate surface area is 146 Å². The standard InChI is InChI=1S/C20H19N5/c21-12-18-17(11-19(24-20(18)22)15-5-2-6-15)16-7-1-4-14(10-16)13-25-9-3-8-23-25/h1,3-4,7-11,15H,2,5-6,13H2,(H2,22,24). The third kappa shape index (κ3) is 2.99. The van der Waals surface area contributed by atoms with E-state index in [1.54, 1.807) is 6.20 Å². The first-order chi connectivity index (χ1) is 12.2. The summed E-state index contributed by atoms with van der Waals surface area (Å²) >= 11 is 0. The molecule has 2 aromatic heterocycles. The molecule has 3 aromatic rings. The highest BCUT2D eigenvalue weighted by Crippen LogP contribution is 2.38. The fraction of sp³-hybridized carbons (Fsp3) is 0.250. The van der Waals surface area contributed by atoms with Crippen molar-refractivity contribution >= 4 is 5.82 Å². The topological polar surface area (TPSA) is 80.5 Å². The van der Waals surface area contributed by atoms with Crippen LogP contribution in [0.25, 0.3) is 11.1 Å². The van der Waals surface area contributed by atoms with Crippen LogP contribution in [0, 0.1) is 11.3 Å². The van der Waals surface area contributed by atoms with Crippen LogP contribution in [0.3, 0.4) is 0 Å². The first kappa shape index (κ1) is 15.4. The number of anilines is 1. The van der Waals surface area contributed by atoms with Crippen LogP contribution in [-0.4, -0.2) is 14.8 Å². The summed E-state index contributed by atoms with van der Waals surface area (Å²) in [5, 5.41) is 13.8. The fourth-order valence-electron chi connectivity index (χ4n) is 3.26. The Hall–Kier alpha value is -3.13. The van der Waals surface area contributed by atoms with Crippen LogP contribution in [0.2, 0.25) is 0 Å². The number of hydrogen-bond acceptors (Lipinski definition) is 4. The Bertz CT molecular complexity index is 933. The van der Waals surface area contributed by atoms with Crippen LogP contribution in [0.1, 0.15) is 42.0 Å². The SMILES string of the molecule is N#Cc1c(-c2cccc(Cn3cccn3)c2)cc(C2CCC2)nc1N. The van der Waals surface area contributed by atoms with Crippen LogP contribution in [-0.2, 0) is 6.54 Å². The van der Waals surface area contributed by atoms with Crippen molar-refractivity contribution in [2.45, 2.75) is 31.7 Å². The lowest BCUT2D eigenvalue weighted by molar-refractivity contribution is 0.411. The molecule has 1 fully saturated rings. The number of nitrogens with two attached hydrogens (primary N) is 1. The van der Waals surface area contributed by atoms with Crippen LogP contribution >= 0.6 is 0 Å². The van der Waals surface area contributed by atoms with Gasteiger partial charge in [0.15, 0.2) is 0 Å². The van der Waals surface area contributed by atoms with Crippen molar-refractivity contribution in [2.75, 3.05) is 5.73 Å². The van der Waals surface area contributed by atoms with Crippen molar-refractivity contribution in [3.05, 3.63) is 65.6 Å². The van der Waals surface area contributed by atoms with Crippen LogP contribution < -0.4 is 5.73 Å². The number of nitrogens with zero attached hydrogens (tertiary/aromatic N) is 4.